The lowest BCUT2D eigenvalue weighted by molar-refractivity contribution is 0.648. The SMILES string of the molecule is CC(C)=CCCn1c(=O)n(Cc2ncc(C)c(I)c2C)c2nc(N)nc(Cl)c21. The second-order valence-electron chi connectivity index (χ2n) is 6.96. The Bertz CT molecular complexity index is 1140. The first-order valence-electron chi connectivity index (χ1n) is 8.86. The fraction of sp³-hybridized carbons (Fsp3) is 0.368. The molecule has 0 bridgehead atoms. The van der Waals surface area contributed by atoms with E-state index < -0.39 is 0 Å². The third-order valence-corrected chi connectivity index (χ3v) is 6.49. The molecule has 0 atom stereocenters. The van der Waals surface area contributed by atoms with Gasteiger partial charge in [0.25, 0.3) is 0 Å². The number of anilines is 1. The Labute approximate surface area is 181 Å². The summed E-state index contributed by atoms with van der Waals surface area (Å²) in [5, 5.41) is 0.179. The van der Waals surface area contributed by atoms with E-state index in [0.29, 0.717) is 30.7 Å². The third kappa shape index (κ3) is 3.93. The lowest BCUT2D eigenvalue weighted by Crippen LogP contribution is -2.25. The van der Waals surface area contributed by atoms with Crippen molar-refractivity contribution in [2.24, 2.45) is 0 Å². The third-order valence-electron chi connectivity index (χ3n) is 4.56. The Hall–Kier alpha value is -1.94. The highest BCUT2D eigenvalue weighted by Gasteiger charge is 2.20. The quantitative estimate of drug-likeness (QED) is 0.318. The van der Waals surface area contributed by atoms with Crippen molar-refractivity contribution in [2.45, 2.75) is 47.2 Å². The van der Waals surface area contributed by atoms with Crippen molar-refractivity contribution < 1.29 is 0 Å². The van der Waals surface area contributed by atoms with Gasteiger partial charge in [-0.1, -0.05) is 23.3 Å². The molecule has 0 aliphatic rings. The number of aromatic nitrogens is 5. The first kappa shape index (κ1) is 20.8. The summed E-state index contributed by atoms with van der Waals surface area (Å²) in [7, 11) is 0. The molecular formula is C19H22ClIN6O. The van der Waals surface area contributed by atoms with Gasteiger partial charge in [-0.05, 0) is 67.8 Å². The Morgan fingerprint density at radius 1 is 1.29 bits per heavy atom. The van der Waals surface area contributed by atoms with Crippen LogP contribution in [0.25, 0.3) is 11.2 Å². The van der Waals surface area contributed by atoms with Gasteiger partial charge < -0.3 is 5.73 Å². The molecular weight excluding hydrogens is 491 g/mol. The monoisotopic (exact) mass is 512 g/mol. The lowest BCUT2D eigenvalue weighted by Gasteiger charge is -2.09. The van der Waals surface area contributed by atoms with E-state index in [2.05, 4.69) is 43.6 Å². The molecule has 0 saturated carbocycles. The normalized spacial score (nSPS) is 11.2. The van der Waals surface area contributed by atoms with Crippen LogP contribution in [-0.4, -0.2) is 24.1 Å². The number of nitrogens with zero attached hydrogens (tertiary/aromatic N) is 5. The molecule has 3 heterocycles. The molecule has 0 amide bonds. The van der Waals surface area contributed by atoms with Gasteiger partial charge >= 0.3 is 5.69 Å². The van der Waals surface area contributed by atoms with E-state index in [4.69, 9.17) is 17.3 Å². The Morgan fingerprint density at radius 3 is 2.68 bits per heavy atom. The fourth-order valence-electron chi connectivity index (χ4n) is 3.08. The van der Waals surface area contributed by atoms with Gasteiger partial charge in [-0.25, -0.2) is 4.79 Å². The maximum Gasteiger partial charge on any atom is 0.330 e. The van der Waals surface area contributed by atoms with Gasteiger partial charge in [0.1, 0.15) is 5.52 Å². The van der Waals surface area contributed by atoms with E-state index in [1.807, 2.05) is 33.9 Å². The molecule has 28 heavy (non-hydrogen) atoms. The summed E-state index contributed by atoms with van der Waals surface area (Å²) in [5.74, 6) is 0.0378. The van der Waals surface area contributed by atoms with Crippen LogP contribution in [0.2, 0.25) is 5.15 Å². The standard InChI is InChI=1S/C19H22ClIN6O/c1-10(2)6-5-7-26-15-16(20)24-18(22)25-17(15)27(19(26)28)9-13-12(4)14(21)11(3)8-23-13/h6,8H,5,7,9H2,1-4H3,(H2,22,24,25). The highest BCUT2D eigenvalue weighted by atomic mass is 127. The predicted octanol–water partition coefficient (Wildman–Crippen LogP) is 3.85. The lowest BCUT2D eigenvalue weighted by atomic mass is 10.1. The van der Waals surface area contributed by atoms with Crippen molar-refractivity contribution >= 4 is 51.3 Å². The van der Waals surface area contributed by atoms with Gasteiger partial charge in [-0.2, -0.15) is 9.97 Å². The molecule has 9 heteroatoms. The Balaban J connectivity index is 2.17. The molecule has 2 N–H and O–H groups in total. The van der Waals surface area contributed by atoms with Gasteiger partial charge in [-0.15, -0.1) is 0 Å². The minimum Gasteiger partial charge on any atom is -0.368 e. The van der Waals surface area contributed by atoms with Crippen LogP contribution in [-0.2, 0) is 13.1 Å². The van der Waals surface area contributed by atoms with E-state index in [1.165, 1.54) is 5.57 Å². The van der Waals surface area contributed by atoms with Gasteiger partial charge in [0.2, 0.25) is 5.95 Å². The van der Waals surface area contributed by atoms with Crippen LogP contribution >= 0.6 is 34.2 Å². The number of hydrogen-bond acceptors (Lipinski definition) is 5. The van der Waals surface area contributed by atoms with Crippen molar-refractivity contribution in [1.82, 2.24) is 24.1 Å². The molecule has 7 nitrogen and oxygen atoms in total. The molecule has 148 valence electrons. The van der Waals surface area contributed by atoms with Gasteiger partial charge in [-0.3, -0.25) is 14.1 Å². The number of imidazole rings is 1. The summed E-state index contributed by atoms with van der Waals surface area (Å²) < 4.78 is 4.32. The number of halogens is 2. The van der Waals surface area contributed by atoms with Gasteiger partial charge in [0, 0.05) is 16.3 Å². The highest BCUT2D eigenvalue weighted by Crippen LogP contribution is 2.23. The van der Waals surface area contributed by atoms with Gasteiger partial charge in [0.15, 0.2) is 10.8 Å². The summed E-state index contributed by atoms with van der Waals surface area (Å²) >= 11 is 8.64. The van der Waals surface area contributed by atoms with Crippen LogP contribution in [0.5, 0.6) is 0 Å². The summed E-state index contributed by atoms with van der Waals surface area (Å²) in [4.78, 5) is 26.1. The first-order chi connectivity index (χ1) is 13.2. The average Bonchev–Trinajstić information content (AvgIpc) is 2.87. The summed E-state index contributed by atoms with van der Waals surface area (Å²) in [6.45, 7) is 8.85. The number of pyridine rings is 1. The van der Waals surface area contributed by atoms with Crippen LogP contribution in [0.15, 0.2) is 22.6 Å². The van der Waals surface area contributed by atoms with Crippen molar-refractivity contribution in [2.75, 3.05) is 5.73 Å². The average molecular weight is 513 g/mol. The molecule has 3 rings (SSSR count). The van der Waals surface area contributed by atoms with Crippen LogP contribution in [0.4, 0.5) is 5.95 Å². The fourth-order valence-corrected chi connectivity index (χ4v) is 3.80. The number of allylic oxidation sites excluding steroid dienone is 2. The van der Waals surface area contributed by atoms with E-state index in [1.54, 1.807) is 9.13 Å². The van der Waals surface area contributed by atoms with Gasteiger partial charge in [0.05, 0.1) is 12.2 Å². The van der Waals surface area contributed by atoms with Crippen molar-refractivity contribution in [3.63, 3.8) is 0 Å². The maximum absolute atomic E-state index is 13.2. The molecule has 0 saturated heterocycles. The molecule has 0 aliphatic heterocycles. The van der Waals surface area contributed by atoms with Crippen LogP contribution in [0.1, 0.15) is 37.1 Å². The summed E-state index contributed by atoms with van der Waals surface area (Å²) in [6, 6.07) is 0. The van der Waals surface area contributed by atoms with Crippen LogP contribution in [0, 0.1) is 17.4 Å². The number of hydrogen-bond donors (Lipinski definition) is 1. The van der Waals surface area contributed by atoms with Crippen molar-refractivity contribution in [1.29, 1.82) is 0 Å². The number of nitrogen functional groups attached to an aromatic ring is 1. The zero-order valence-electron chi connectivity index (χ0n) is 16.3. The zero-order chi connectivity index (χ0) is 20.6. The number of aryl methyl sites for hydroxylation is 2. The molecule has 0 radical (unpaired) electrons. The Morgan fingerprint density at radius 2 is 2.00 bits per heavy atom. The predicted molar refractivity (Wildman–Crippen MR) is 121 cm³/mol. The summed E-state index contributed by atoms with van der Waals surface area (Å²) in [6.07, 6.45) is 4.61. The zero-order valence-corrected chi connectivity index (χ0v) is 19.2. The van der Waals surface area contributed by atoms with Crippen LogP contribution < -0.4 is 11.4 Å². The second-order valence-corrected chi connectivity index (χ2v) is 8.40. The molecule has 0 aromatic carbocycles. The van der Waals surface area contributed by atoms with Crippen LogP contribution in [0.3, 0.4) is 0 Å². The smallest absolute Gasteiger partial charge is 0.330 e. The molecule has 0 spiro atoms. The molecule has 3 aromatic heterocycles. The molecule has 3 aromatic rings. The molecule has 0 aliphatic carbocycles. The number of nitrogens with two attached hydrogens (primary N) is 1. The van der Waals surface area contributed by atoms with Crippen molar-refractivity contribution in [3.05, 3.63) is 53.9 Å². The minimum absolute atomic E-state index is 0.0378. The second kappa shape index (κ2) is 8.20. The van der Waals surface area contributed by atoms with E-state index in [0.717, 1.165) is 20.4 Å². The molecule has 0 fully saturated rings. The van der Waals surface area contributed by atoms with E-state index in [-0.39, 0.29) is 16.8 Å². The topological polar surface area (TPSA) is 91.6 Å². The number of fused-ring (bicyclic) bond motifs is 1. The van der Waals surface area contributed by atoms with Crippen molar-refractivity contribution in [3.8, 4) is 0 Å². The minimum atomic E-state index is -0.198. The first-order valence-corrected chi connectivity index (χ1v) is 10.3. The maximum atomic E-state index is 13.2. The van der Waals surface area contributed by atoms with E-state index >= 15 is 0 Å². The largest absolute Gasteiger partial charge is 0.368 e. The molecule has 0 unspecified atom stereocenters. The summed E-state index contributed by atoms with van der Waals surface area (Å²) in [5.41, 5.74) is 10.7. The highest BCUT2D eigenvalue weighted by molar-refractivity contribution is 14.1. The van der Waals surface area contributed by atoms with E-state index in [9.17, 15) is 4.79 Å². The number of rotatable bonds is 5. The Kier molecular flexibility index (Phi) is 6.09.